The molecule has 3 heterocycles. The molecule has 1 amide bonds. The van der Waals surface area contributed by atoms with Crippen LogP contribution in [0.4, 0.5) is 0 Å². The van der Waals surface area contributed by atoms with E-state index in [1.54, 1.807) is 6.20 Å². The minimum Gasteiger partial charge on any atom is -0.350 e. The van der Waals surface area contributed by atoms with Crippen molar-refractivity contribution < 1.29 is 9.32 Å². The Balaban J connectivity index is 1.21. The predicted molar refractivity (Wildman–Crippen MR) is 99.6 cm³/mol. The van der Waals surface area contributed by atoms with Crippen molar-refractivity contribution in [1.82, 2.24) is 25.3 Å². The minimum atomic E-state index is 0.0734. The second-order valence-corrected chi connectivity index (χ2v) is 7.62. The molecule has 0 radical (unpaired) electrons. The maximum absolute atomic E-state index is 12.4. The average Bonchev–Trinajstić information content (AvgIpc) is 3.39. The molecule has 1 aliphatic heterocycles. The van der Waals surface area contributed by atoms with Gasteiger partial charge in [0.15, 0.2) is 5.82 Å². The molecule has 2 aliphatic rings. The van der Waals surface area contributed by atoms with Crippen LogP contribution in [0.5, 0.6) is 0 Å². The first-order chi connectivity index (χ1) is 13.3. The van der Waals surface area contributed by atoms with Crippen LogP contribution in [0.3, 0.4) is 0 Å². The summed E-state index contributed by atoms with van der Waals surface area (Å²) >= 11 is 0. The summed E-state index contributed by atoms with van der Waals surface area (Å²) in [4.78, 5) is 23.5. The Morgan fingerprint density at radius 2 is 2.00 bits per heavy atom. The Morgan fingerprint density at radius 3 is 2.74 bits per heavy atom. The molecule has 144 valence electrons. The van der Waals surface area contributed by atoms with Gasteiger partial charge in [0, 0.05) is 18.0 Å². The van der Waals surface area contributed by atoms with Gasteiger partial charge in [-0.25, -0.2) is 0 Å². The molecule has 0 spiro atoms. The Hall–Kier alpha value is -2.28. The summed E-state index contributed by atoms with van der Waals surface area (Å²) in [5, 5.41) is 7.17. The van der Waals surface area contributed by atoms with Gasteiger partial charge in [-0.1, -0.05) is 24.1 Å². The van der Waals surface area contributed by atoms with Crippen LogP contribution >= 0.6 is 0 Å². The van der Waals surface area contributed by atoms with E-state index < -0.39 is 0 Å². The molecule has 2 aromatic heterocycles. The Morgan fingerprint density at radius 1 is 1.19 bits per heavy atom. The topological polar surface area (TPSA) is 84.2 Å². The third-order valence-corrected chi connectivity index (χ3v) is 5.68. The van der Waals surface area contributed by atoms with Crippen LogP contribution in [-0.2, 0) is 17.9 Å². The van der Waals surface area contributed by atoms with Crippen LogP contribution in [0, 0.1) is 5.92 Å². The van der Waals surface area contributed by atoms with Crippen LogP contribution in [-0.4, -0.2) is 39.0 Å². The normalized spacial score (nSPS) is 19.4. The summed E-state index contributed by atoms with van der Waals surface area (Å²) in [6.07, 6.45) is 8.33. The minimum absolute atomic E-state index is 0.0734. The summed E-state index contributed by atoms with van der Waals surface area (Å²) in [5.41, 5.74) is 0.887. The SMILES string of the molecule is O=C(NCc1ccccn1)C1CCN(Cc2noc(C3CCCC3)n2)CC1. The van der Waals surface area contributed by atoms with Crippen LogP contribution < -0.4 is 5.32 Å². The van der Waals surface area contributed by atoms with E-state index in [0.717, 1.165) is 43.3 Å². The predicted octanol–water partition coefficient (Wildman–Crippen LogP) is 2.65. The van der Waals surface area contributed by atoms with E-state index in [1.165, 1.54) is 25.7 Å². The second-order valence-electron chi connectivity index (χ2n) is 7.62. The van der Waals surface area contributed by atoms with Crippen molar-refractivity contribution in [2.45, 2.75) is 57.5 Å². The fraction of sp³-hybridized carbons (Fsp3) is 0.600. The smallest absolute Gasteiger partial charge is 0.229 e. The molecular formula is C20H27N5O2. The molecule has 27 heavy (non-hydrogen) atoms. The Labute approximate surface area is 159 Å². The monoisotopic (exact) mass is 369 g/mol. The van der Waals surface area contributed by atoms with Gasteiger partial charge in [-0.15, -0.1) is 0 Å². The number of aromatic nitrogens is 3. The van der Waals surface area contributed by atoms with E-state index in [4.69, 9.17) is 4.52 Å². The molecule has 1 saturated carbocycles. The quantitative estimate of drug-likeness (QED) is 0.843. The molecule has 7 heteroatoms. The number of likely N-dealkylation sites (tertiary alicyclic amines) is 1. The summed E-state index contributed by atoms with van der Waals surface area (Å²) in [7, 11) is 0. The van der Waals surface area contributed by atoms with Crippen molar-refractivity contribution in [3.05, 3.63) is 41.8 Å². The van der Waals surface area contributed by atoms with E-state index in [0.29, 0.717) is 19.0 Å². The van der Waals surface area contributed by atoms with Crippen LogP contribution in [0.1, 0.15) is 61.9 Å². The van der Waals surface area contributed by atoms with E-state index in [9.17, 15) is 4.79 Å². The number of hydrogen-bond donors (Lipinski definition) is 1. The van der Waals surface area contributed by atoms with Crippen LogP contribution in [0.2, 0.25) is 0 Å². The summed E-state index contributed by atoms with van der Waals surface area (Å²) in [6, 6.07) is 5.73. The molecular weight excluding hydrogens is 342 g/mol. The van der Waals surface area contributed by atoms with Gasteiger partial charge in [-0.2, -0.15) is 4.98 Å². The zero-order chi connectivity index (χ0) is 18.5. The number of rotatable bonds is 6. The van der Waals surface area contributed by atoms with Gasteiger partial charge < -0.3 is 9.84 Å². The van der Waals surface area contributed by atoms with E-state index in [1.807, 2.05) is 18.2 Å². The Bertz CT molecular complexity index is 734. The summed E-state index contributed by atoms with van der Waals surface area (Å²) in [5.74, 6) is 2.24. The number of nitrogens with zero attached hydrogens (tertiary/aromatic N) is 4. The maximum Gasteiger partial charge on any atom is 0.229 e. The lowest BCUT2D eigenvalue weighted by Crippen LogP contribution is -2.40. The molecule has 0 aromatic carbocycles. The number of carbonyl (C=O) groups is 1. The molecule has 2 aromatic rings. The molecule has 2 fully saturated rings. The third kappa shape index (κ3) is 4.71. The number of nitrogens with one attached hydrogen (secondary N) is 1. The van der Waals surface area contributed by atoms with Crippen molar-refractivity contribution in [3.8, 4) is 0 Å². The lowest BCUT2D eigenvalue weighted by Gasteiger charge is -2.30. The van der Waals surface area contributed by atoms with Crippen molar-refractivity contribution in [2.75, 3.05) is 13.1 Å². The van der Waals surface area contributed by atoms with Crippen molar-refractivity contribution in [2.24, 2.45) is 5.92 Å². The second kappa shape index (κ2) is 8.61. The number of piperidine rings is 1. The van der Waals surface area contributed by atoms with Crippen molar-refractivity contribution in [1.29, 1.82) is 0 Å². The molecule has 7 nitrogen and oxygen atoms in total. The van der Waals surface area contributed by atoms with Gasteiger partial charge in [0.25, 0.3) is 0 Å². The first-order valence-corrected chi connectivity index (χ1v) is 10.0. The highest BCUT2D eigenvalue weighted by molar-refractivity contribution is 5.78. The molecule has 4 rings (SSSR count). The maximum atomic E-state index is 12.4. The van der Waals surface area contributed by atoms with Crippen LogP contribution in [0.25, 0.3) is 0 Å². The first-order valence-electron chi connectivity index (χ1n) is 10.0. The van der Waals surface area contributed by atoms with E-state index in [-0.39, 0.29) is 11.8 Å². The number of amides is 1. The van der Waals surface area contributed by atoms with Crippen LogP contribution in [0.15, 0.2) is 28.9 Å². The molecule has 0 unspecified atom stereocenters. The van der Waals surface area contributed by atoms with E-state index in [2.05, 4.69) is 25.3 Å². The van der Waals surface area contributed by atoms with Crippen molar-refractivity contribution in [3.63, 3.8) is 0 Å². The number of hydrogen-bond acceptors (Lipinski definition) is 6. The zero-order valence-electron chi connectivity index (χ0n) is 15.6. The van der Waals surface area contributed by atoms with Gasteiger partial charge in [0.2, 0.25) is 11.8 Å². The molecule has 1 saturated heterocycles. The highest BCUT2D eigenvalue weighted by Crippen LogP contribution is 2.33. The lowest BCUT2D eigenvalue weighted by molar-refractivity contribution is -0.126. The lowest BCUT2D eigenvalue weighted by atomic mass is 9.96. The van der Waals surface area contributed by atoms with Gasteiger partial charge in [0.05, 0.1) is 18.8 Å². The fourth-order valence-electron chi connectivity index (χ4n) is 4.05. The van der Waals surface area contributed by atoms with Gasteiger partial charge >= 0.3 is 0 Å². The van der Waals surface area contributed by atoms with Crippen molar-refractivity contribution >= 4 is 5.91 Å². The molecule has 0 atom stereocenters. The molecule has 1 N–H and O–H groups in total. The Kier molecular flexibility index (Phi) is 5.77. The standard InChI is InChI=1S/C20H27N5O2/c26-19(22-13-17-7-3-4-10-21-17)15-8-11-25(12-9-15)14-18-23-20(27-24-18)16-5-1-2-6-16/h3-4,7,10,15-16H,1-2,5-6,8-9,11-14H2,(H,22,26). The largest absolute Gasteiger partial charge is 0.350 e. The van der Waals surface area contributed by atoms with Gasteiger partial charge in [0.1, 0.15) is 0 Å². The zero-order valence-corrected chi connectivity index (χ0v) is 15.6. The fourth-order valence-corrected chi connectivity index (χ4v) is 4.05. The number of pyridine rings is 1. The average molecular weight is 369 g/mol. The summed E-state index contributed by atoms with van der Waals surface area (Å²) < 4.78 is 5.47. The van der Waals surface area contributed by atoms with Gasteiger partial charge in [-0.05, 0) is 50.9 Å². The highest BCUT2D eigenvalue weighted by atomic mass is 16.5. The summed E-state index contributed by atoms with van der Waals surface area (Å²) in [6.45, 7) is 2.97. The molecule has 0 bridgehead atoms. The third-order valence-electron chi connectivity index (χ3n) is 5.68. The van der Waals surface area contributed by atoms with E-state index >= 15 is 0 Å². The highest BCUT2D eigenvalue weighted by Gasteiger charge is 2.27. The first kappa shape index (κ1) is 18.1. The van der Waals surface area contributed by atoms with Gasteiger partial charge in [-0.3, -0.25) is 14.7 Å². The molecule has 1 aliphatic carbocycles. The number of carbonyl (C=O) groups excluding carboxylic acids is 1.